The Hall–Kier alpha value is -1.19. The number of thiophene rings is 1. The molecule has 0 radical (unpaired) electrons. The van der Waals surface area contributed by atoms with Crippen molar-refractivity contribution in [3.05, 3.63) is 16.2 Å². The topological polar surface area (TPSA) is 92.5 Å². The van der Waals surface area contributed by atoms with Gasteiger partial charge >= 0.3 is 5.69 Å². The Morgan fingerprint density at radius 3 is 2.29 bits per heavy atom. The van der Waals surface area contributed by atoms with E-state index in [9.17, 15) is 18.5 Å². The van der Waals surface area contributed by atoms with Gasteiger partial charge in [-0.1, -0.05) is 25.2 Å². The number of anilines is 1. The summed E-state index contributed by atoms with van der Waals surface area (Å²) in [5.41, 5.74) is -0.187. The van der Waals surface area contributed by atoms with Crippen LogP contribution in [0.5, 0.6) is 0 Å². The summed E-state index contributed by atoms with van der Waals surface area (Å²) in [4.78, 5) is 10.5. The Bertz CT molecular complexity index is 577. The quantitative estimate of drug-likeness (QED) is 0.553. The summed E-state index contributed by atoms with van der Waals surface area (Å²) in [5.74, 6) is 0. The average Bonchev–Trinajstić information content (AvgIpc) is 2.84. The number of nitro groups is 1. The second kappa shape index (κ2) is 7.71. The van der Waals surface area contributed by atoms with Crippen LogP contribution in [0, 0.1) is 10.1 Å². The third-order valence-corrected chi connectivity index (χ3v) is 6.19. The van der Waals surface area contributed by atoms with Crippen molar-refractivity contribution in [3.8, 4) is 0 Å². The van der Waals surface area contributed by atoms with E-state index in [2.05, 4.69) is 5.32 Å². The van der Waals surface area contributed by atoms with Crippen molar-refractivity contribution in [2.45, 2.75) is 37.8 Å². The van der Waals surface area contributed by atoms with E-state index < -0.39 is 14.9 Å². The lowest BCUT2D eigenvalue weighted by molar-refractivity contribution is -0.383. The Kier molecular flexibility index (Phi) is 6.56. The van der Waals surface area contributed by atoms with E-state index in [1.807, 2.05) is 13.8 Å². The van der Waals surface area contributed by atoms with Gasteiger partial charge in [-0.15, -0.1) is 0 Å². The number of hydrogen-bond acceptors (Lipinski definition) is 6. The summed E-state index contributed by atoms with van der Waals surface area (Å²) < 4.78 is 26.6. The summed E-state index contributed by atoms with van der Waals surface area (Å²) in [6.07, 6.45) is 1.40. The van der Waals surface area contributed by atoms with Crippen molar-refractivity contribution in [2.75, 3.05) is 25.0 Å². The smallest absolute Gasteiger partial charge is 0.304 e. The molecule has 0 saturated heterocycles. The molecule has 0 aromatic carbocycles. The number of rotatable bonds is 9. The first-order valence-electron chi connectivity index (χ1n) is 6.90. The summed E-state index contributed by atoms with van der Waals surface area (Å²) >= 11 is 0.917. The lowest BCUT2D eigenvalue weighted by Crippen LogP contribution is -2.32. The molecule has 7 nitrogen and oxygen atoms in total. The number of nitrogens with zero attached hydrogens (tertiary/aromatic N) is 2. The SMILES string of the molecule is CCCN(CCC)S(=O)(=O)c1cc([N+](=O)[O-])c(NCC)s1. The van der Waals surface area contributed by atoms with Gasteiger partial charge in [0.25, 0.3) is 10.0 Å². The van der Waals surface area contributed by atoms with E-state index in [-0.39, 0.29) is 14.9 Å². The van der Waals surface area contributed by atoms with Crippen LogP contribution in [0.3, 0.4) is 0 Å². The fourth-order valence-electron chi connectivity index (χ4n) is 1.89. The highest BCUT2D eigenvalue weighted by molar-refractivity contribution is 7.91. The zero-order valence-corrected chi connectivity index (χ0v) is 14.1. The van der Waals surface area contributed by atoms with Gasteiger partial charge in [-0.2, -0.15) is 4.31 Å². The molecule has 0 bridgehead atoms. The number of nitrogens with one attached hydrogen (secondary N) is 1. The van der Waals surface area contributed by atoms with Gasteiger partial charge in [0.15, 0.2) is 5.00 Å². The predicted molar refractivity (Wildman–Crippen MR) is 84.5 cm³/mol. The summed E-state index contributed by atoms with van der Waals surface area (Å²) in [6.45, 7) is 6.93. The first-order valence-corrected chi connectivity index (χ1v) is 9.16. The summed E-state index contributed by atoms with van der Waals surface area (Å²) in [5, 5.41) is 14.2. The molecule has 0 fully saturated rings. The number of hydrogen-bond donors (Lipinski definition) is 1. The Balaban J connectivity index is 3.23. The molecule has 9 heteroatoms. The molecule has 0 unspecified atom stereocenters. The summed E-state index contributed by atoms with van der Waals surface area (Å²) in [7, 11) is -3.67. The molecule has 1 N–H and O–H groups in total. The van der Waals surface area contributed by atoms with E-state index in [4.69, 9.17) is 0 Å². The monoisotopic (exact) mass is 335 g/mol. The minimum Gasteiger partial charge on any atom is -0.372 e. The molecule has 1 heterocycles. The zero-order valence-electron chi connectivity index (χ0n) is 12.5. The van der Waals surface area contributed by atoms with Gasteiger partial charge in [0, 0.05) is 25.7 Å². The largest absolute Gasteiger partial charge is 0.372 e. The fraction of sp³-hybridized carbons (Fsp3) is 0.667. The van der Waals surface area contributed by atoms with Crippen LogP contribution in [0.2, 0.25) is 0 Å². The maximum atomic E-state index is 12.6. The highest BCUT2D eigenvalue weighted by Gasteiger charge is 2.30. The molecule has 0 aliphatic rings. The lowest BCUT2D eigenvalue weighted by atomic mass is 10.4. The Morgan fingerprint density at radius 1 is 1.29 bits per heavy atom. The van der Waals surface area contributed by atoms with Crippen LogP contribution >= 0.6 is 11.3 Å². The highest BCUT2D eigenvalue weighted by Crippen LogP contribution is 2.38. The Morgan fingerprint density at radius 2 is 1.86 bits per heavy atom. The molecule has 0 saturated carbocycles. The summed E-state index contributed by atoms with van der Waals surface area (Å²) in [6, 6.07) is 1.15. The lowest BCUT2D eigenvalue weighted by Gasteiger charge is -2.19. The maximum absolute atomic E-state index is 12.6. The molecule has 0 aliphatic carbocycles. The van der Waals surface area contributed by atoms with Gasteiger partial charge in [0.1, 0.15) is 4.21 Å². The second-order valence-corrected chi connectivity index (χ2v) is 7.69. The van der Waals surface area contributed by atoms with Crippen molar-refractivity contribution in [3.63, 3.8) is 0 Å². The van der Waals surface area contributed by atoms with Crippen molar-refractivity contribution in [2.24, 2.45) is 0 Å². The molecule has 1 aromatic heterocycles. The van der Waals surface area contributed by atoms with E-state index >= 15 is 0 Å². The van der Waals surface area contributed by atoms with E-state index in [1.54, 1.807) is 6.92 Å². The van der Waals surface area contributed by atoms with Crippen LogP contribution in [0.1, 0.15) is 33.6 Å². The standard InChI is InChI=1S/C12H21N3O4S2/c1-4-7-14(8-5-2)21(18,19)11-9-10(15(16)17)12(20-11)13-6-3/h9,13H,4-8H2,1-3H3. The van der Waals surface area contributed by atoms with Crippen LogP contribution < -0.4 is 5.32 Å². The average molecular weight is 335 g/mol. The van der Waals surface area contributed by atoms with Crippen LogP contribution in [-0.4, -0.2) is 37.3 Å². The van der Waals surface area contributed by atoms with Gasteiger partial charge in [-0.25, -0.2) is 8.42 Å². The van der Waals surface area contributed by atoms with Gasteiger partial charge in [-0.3, -0.25) is 10.1 Å². The fourth-order valence-corrected chi connectivity index (χ4v) is 5.06. The molecule has 0 spiro atoms. The molecule has 1 aromatic rings. The van der Waals surface area contributed by atoms with Gasteiger partial charge in [0.2, 0.25) is 0 Å². The van der Waals surface area contributed by atoms with E-state index in [0.717, 1.165) is 17.4 Å². The van der Waals surface area contributed by atoms with Gasteiger partial charge in [-0.05, 0) is 19.8 Å². The molecular formula is C12H21N3O4S2. The normalized spacial score (nSPS) is 11.8. The van der Waals surface area contributed by atoms with Gasteiger partial charge < -0.3 is 5.32 Å². The Labute approximate surface area is 129 Å². The molecule has 0 atom stereocenters. The van der Waals surface area contributed by atoms with Crippen molar-refractivity contribution in [1.29, 1.82) is 0 Å². The number of sulfonamides is 1. The molecule has 1 rings (SSSR count). The molecular weight excluding hydrogens is 314 g/mol. The maximum Gasteiger partial charge on any atom is 0.304 e. The molecule has 21 heavy (non-hydrogen) atoms. The van der Waals surface area contributed by atoms with Crippen molar-refractivity contribution >= 4 is 32.0 Å². The second-order valence-electron chi connectivity index (χ2n) is 4.47. The highest BCUT2D eigenvalue weighted by atomic mass is 32.2. The predicted octanol–water partition coefficient (Wildman–Crippen LogP) is 2.90. The minimum atomic E-state index is -3.67. The third kappa shape index (κ3) is 4.14. The first kappa shape index (κ1) is 17.9. The third-order valence-electron chi connectivity index (χ3n) is 2.76. The first-order chi connectivity index (χ1) is 9.88. The molecule has 0 aliphatic heterocycles. The minimum absolute atomic E-state index is 0.0204. The van der Waals surface area contributed by atoms with Crippen molar-refractivity contribution < 1.29 is 13.3 Å². The molecule has 0 amide bonds. The van der Waals surface area contributed by atoms with Crippen LogP contribution in [0.15, 0.2) is 10.3 Å². The van der Waals surface area contributed by atoms with Crippen LogP contribution in [-0.2, 0) is 10.0 Å². The zero-order chi connectivity index (χ0) is 16.0. The van der Waals surface area contributed by atoms with Crippen LogP contribution in [0.4, 0.5) is 10.7 Å². The van der Waals surface area contributed by atoms with E-state index in [1.165, 1.54) is 4.31 Å². The van der Waals surface area contributed by atoms with Gasteiger partial charge in [0.05, 0.1) is 4.92 Å². The van der Waals surface area contributed by atoms with Crippen LogP contribution in [0.25, 0.3) is 0 Å². The van der Waals surface area contributed by atoms with Crippen molar-refractivity contribution in [1.82, 2.24) is 4.31 Å². The van der Waals surface area contributed by atoms with E-state index in [0.29, 0.717) is 32.5 Å². The molecule has 120 valence electrons.